The van der Waals surface area contributed by atoms with Crippen LogP contribution in [0.2, 0.25) is 0 Å². The molecule has 1 amide bonds. The van der Waals surface area contributed by atoms with Crippen molar-refractivity contribution in [2.75, 3.05) is 26.3 Å². The standard InChI is InChI=1S/C27H28F2N2O4/c1-3-13-35-25-9-5-8-23-21(25)15-24(31(23)17-19-14-20(28)10-11-22(19)29)26(32)30-12-6-7-18(16-30)27(33)34-4-2/h3,5,8-11,14-15,18H,1,4,6-7,12-13,16-17H2,2H3/t18-/m0/s1. The Balaban J connectivity index is 1.76. The average molecular weight is 483 g/mol. The molecule has 0 unspecified atom stereocenters. The van der Waals surface area contributed by atoms with Gasteiger partial charge in [-0.15, -0.1) is 0 Å². The number of hydrogen-bond donors (Lipinski definition) is 0. The normalized spacial score (nSPS) is 15.7. The summed E-state index contributed by atoms with van der Waals surface area (Å²) in [5.74, 6) is -1.56. The number of aromatic nitrogens is 1. The van der Waals surface area contributed by atoms with E-state index in [0.717, 1.165) is 18.2 Å². The fraction of sp³-hybridized carbons (Fsp3) is 0.333. The number of hydrogen-bond acceptors (Lipinski definition) is 4. The van der Waals surface area contributed by atoms with Crippen molar-refractivity contribution in [2.45, 2.75) is 26.3 Å². The minimum Gasteiger partial charge on any atom is -0.489 e. The van der Waals surface area contributed by atoms with Crippen LogP contribution in [0.15, 0.2) is 55.1 Å². The summed E-state index contributed by atoms with van der Waals surface area (Å²) in [6.07, 6.45) is 2.94. The number of piperidine rings is 1. The van der Waals surface area contributed by atoms with Crippen molar-refractivity contribution in [3.05, 3.63) is 78.0 Å². The van der Waals surface area contributed by atoms with Crippen molar-refractivity contribution in [1.29, 1.82) is 0 Å². The number of rotatable bonds is 8. The van der Waals surface area contributed by atoms with Gasteiger partial charge in [0.2, 0.25) is 0 Å². The third kappa shape index (κ3) is 5.21. The van der Waals surface area contributed by atoms with Crippen LogP contribution in [0.1, 0.15) is 35.8 Å². The van der Waals surface area contributed by atoms with Crippen LogP contribution in [-0.4, -0.2) is 47.6 Å². The minimum atomic E-state index is -0.564. The molecule has 1 atom stereocenters. The lowest BCUT2D eigenvalue weighted by molar-refractivity contribution is -0.149. The van der Waals surface area contributed by atoms with E-state index in [-0.39, 0.29) is 43.7 Å². The summed E-state index contributed by atoms with van der Waals surface area (Å²) < 4.78 is 41.1. The van der Waals surface area contributed by atoms with E-state index in [1.54, 1.807) is 40.7 Å². The number of amides is 1. The van der Waals surface area contributed by atoms with Gasteiger partial charge in [0.05, 0.1) is 24.6 Å². The molecule has 0 N–H and O–H groups in total. The Morgan fingerprint density at radius 3 is 2.80 bits per heavy atom. The first-order chi connectivity index (χ1) is 16.9. The molecule has 184 valence electrons. The molecule has 0 spiro atoms. The van der Waals surface area contributed by atoms with Gasteiger partial charge in [0.1, 0.15) is 29.7 Å². The van der Waals surface area contributed by atoms with Crippen LogP contribution in [0.25, 0.3) is 10.9 Å². The first kappa shape index (κ1) is 24.4. The summed E-state index contributed by atoms with van der Waals surface area (Å²) in [4.78, 5) is 27.6. The maximum Gasteiger partial charge on any atom is 0.310 e. The molecular formula is C27H28F2N2O4. The van der Waals surface area contributed by atoms with Gasteiger partial charge in [0.15, 0.2) is 0 Å². The Morgan fingerprint density at radius 1 is 1.20 bits per heavy atom. The van der Waals surface area contributed by atoms with Gasteiger partial charge in [0, 0.05) is 24.0 Å². The highest BCUT2D eigenvalue weighted by Gasteiger charge is 2.31. The van der Waals surface area contributed by atoms with Gasteiger partial charge >= 0.3 is 5.97 Å². The van der Waals surface area contributed by atoms with Crippen molar-refractivity contribution in [1.82, 2.24) is 9.47 Å². The quantitative estimate of drug-likeness (QED) is 0.337. The summed E-state index contributed by atoms with van der Waals surface area (Å²) in [5, 5.41) is 0.675. The molecule has 1 fully saturated rings. The molecule has 2 heterocycles. The van der Waals surface area contributed by atoms with Gasteiger partial charge < -0.3 is 18.9 Å². The zero-order valence-corrected chi connectivity index (χ0v) is 19.6. The Morgan fingerprint density at radius 2 is 2.03 bits per heavy atom. The molecule has 1 aromatic heterocycles. The molecule has 35 heavy (non-hydrogen) atoms. The number of likely N-dealkylation sites (tertiary alicyclic amines) is 1. The topological polar surface area (TPSA) is 60.8 Å². The lowest BCUT2D eigenvalue weighted by atomic mass is 9.98. The SMILES string of the molecule is C=CCOc1cccc2c1cc(C(=O)N1CCC[C@H](C(=O)OCC)C1)n2Cc1cc(F)ccc1F. The molecule has 8 heteroatoms. The van der Waals surface area contributed by atoms with Crippen molar-refractivity contribution in [3.8, 4) is 5.75 Å². The average Bonchev–Trinajstić information content (AvgIpc) is 3.23. The number of halogens is 2. The number of nitrogens with zero attached hydrogens (tertiary/aromatic N) is 2. The molecule has 6 nitrogen and oxygen atoms in total. The van der Waals surface area contributed by atoms with E-state index in [9.17, 15) is 18.4 Å². The third-order valence-electron chi connectivity index (χ3n) is 6.15. The Bertz CT molecular complexity index is 1250. The van der Waals surface area contributed by atoms with Crippen molar-refractivity contribution >= 4 is 22.8 Å². The summed E-state index contributed by atoms with van der Waals surface area (Å²) in [7, 11) is 0. The molecule has 0 saturated carbocycles. The Labute approximate surface area is 202 Å². The maximum absolute atomic E-state index is 14.5. The molecule has 1 aliphatic rings. The highest BCUT2D eigenvalue weighted by molar-refractivity contribution is 6.00. The summed E-state index contributed by atoms with van der Waals surface area (Å²) in [5.41, 5.74) is 1.08. The first-order valence-corrected chi connectivity index (χ1v) is 11.7. The minimum absolute atomic E-state index is 0.0474. The first-order valence-electron chi connectivity index (χ1n) is 11.7. The van der Waals surface area contributed by atoms with E-state index < -0.39 is 17.6 Å². The molecule has 2 aromatic carbocycles. The van der Waals surface area contributed by atoms with Crippen LogP contribution in [0, 0.1) is 17.6 Å². The van der Waals surface area contributed by atoms with Crippen LogP contribution >= 0.6 is 0 Å². The van der Waals surface area contributed by atoms with E-state index in [4.69, 9.17) is 9.47 Å². The van der Waals surface area contributed by atoms with E-state index in [0.29, 0.717) is 41.7 Å². The molecule has 0 radical (unpaired) electrons. The number of esters is 1. The van der Waals surface area contributed by atoms with Crippen molar-refractivity contribution in [2.24, 2.45) is 5.92 Å². The van der Waals surface area contributed by atoms with Crippen LogP contribution in [0.4, 0.5) is 8.78 Å². The van der Waals surface area contributed by atoms with Gasteiger partial charge in [-0.2, -0.15) is 0 Å². The summed E-state index contributed by atoms with van der Waals surface area (Å²) >= 11 is 0. The van der Waals surface area contributed by atoms with E-state index >= 15 is 0 Å². The monoisotopic (exact) mass is 482 g/mol. The smallest absolute Gasteiger partial charge is 0.310 e. The summed E-state index contributed by atoms with van der Waals surface area (Å²) in [6.45, 7) is 6.67. The van der Waals surface area contributed by atoms with Gasteiger partial charge in [-0.25, -0.2) is 8.78 Å². The van der Waals surface area contributed by atoms with E-state index in [2.05, 4.69) is 6.58 Å². The Kier molecular flexibility index (Phi) is 7.48. The van der Waals surface area contributed by atoms with Gasteiger partial charge in [-0.05, 0) is 56.2 Å². The van der Waals surface area contributed by atoms with E-state index in [1.807, 2.05) is 6.07 Å². The zero-order valence-electron chi connectivity index (χ0n) is 19.6. The number of ether oxygens (including phenoxy) is 2. The molecule has 1 aliphatic heterocycles. The molecule has 0 bridgehead atoms. The van der Waals surface area contributed by atoms with Crippen molar-refractivity contribution in [3.63, 3.8) is 0 Å². The predicted molar refractivity (Wildman–Crippen MR) is 128 cm³/mol. The lowest BCUT2D eigenvalue weighted by Gasteiger charge is -2.31. The molecule has 1 saturated heterocycles. The fourth-order valence-corrected chi connectivity index (χ4v) is 4.49. The van der Waals surface area contributed by atoms with Crippen LogP contribution in [0.3, 0.4) is 0 Å². The molecular weight excluding hydrogens is 454 g/mol. The van der Waals surface area contributed by atoms with Gasteiger partial charge in [-0.3, -0.25) is 9.59 Å². The Hall–Kier alpha value is -3.68. The second-order valence-electron chi connectivity index (χ2n) is 8.48. The van der Waals surface area contributed by atoms with Gasteiger partial charge in [-0.1, -0.05) is 18.7 Å². The second-order valence-corrected chi connectivity index (χ2v) is 8.48. The maximum atomic E-state index is 14.5. The van der Waals surface area contributed by atoms with Crippen molar-refractivity contribution < 1.29 is 27.8 Å². The van der Waals surface area contributed by atoms with Crippen LogP contribution in [0.5, 0.6) is 5.75 Å². The van der Waals surface area contributed by atoms with Crippen LogP contribution in [-0.2, 0) is 16.1 Å². The highest BCUT2D eigenvalue weighted by atomic mass is 19.1. The summed E-state index contributed by atoms with van der Waals surface area (Å²) in [6, 6.07) is 10.3. The molecule has 0 aliphatic carbocycles. The highest BCUT2D eigenvalue weighted by Crippen LogP contribution is 2.32. The van der Waals surface area contributed by atoms with E-state index in [1.165, 1.54) is 0 Å². The number of fused-ring (bicyclic) bond motifs is 1. The number of carbonyl (C=O) groups excluding carboxylic acids is 2. The lowest BCUT2D eigenvalue weighted by Crippen LogP contribution is -2.43. The molecule has 4 rings (SSSR count). The van der Waals surface area contributed by atoms with Gasteiger partial charge in [0.25, 0.3) is 5.91 Å². The third-order valence-corrected chi connectivity index (χ3v) is 6.15. The number of benzene rings is 2. The molecule has 3 aromatic rings. The fourth-order valence-electron chi connectivity index (χ4n) is 4.49. The predicted octanol–water partition coefficient (Wildman–Crippen LogP) is 4.95. The zero-order chi connectivity index (χ0) is 24.9. The largest absolute Gasteiger partial charge is 0.489 e. The van der Waals surface area contributed by atoms with Crippen LogP contribution < -0.4 is 4.74 Å². The number of carbonyl (C=O) groups is 2. The second kappa shape index (κ2) is 10.7.